The van der Waals surface area contributed by atoms with Crippen LogP contribution in [0.25, 0.3) is 0 Å². The molecule has 3 unspecified atom stereocenters. The van der Waals surface area contributed by atoms with Crippen LogP contribution < -0.4 is 0 Å². The maximum Gasteiger partial charge on any atom is 0.309 e. The molecule has 4 nitrogen and oxygen atoms in total. The van der Waals surface area contributed by atoms with Crippen LogP contribution >= 0.6 is 0 Å². The minimum Gasteiger partial charge on any atom is -0.495 e. The Morgan fingerprint density at radius 1 is 0.600 bits per heavy atom. The minimum absolute atomic E-state index is 0.0924. The van der Waals surface area contributed by atoms with Gasteiger partial charge in [0, 0.05) is 6.42 Å². The lowest BCUT2D eigenvalue weighted by Crippen LogP contribution is -2.26. The van der Waals surface area contributed by atoms with Crippen molar-refractivity contribution < 1.29 is 14.3 Å². The first-order valence-corrected chi connectivity index (χ1v) is 20.2. The van der Waals surface area contributed by atoms with Gasteiger partial charge in [-0.05, 0) is 90.8 Å². The number of allylic oxidation sites excluding steroid dienone is 1. The largest absolute Gasteiger partial charge is 0.495 e. The van der Waals surface area contributed by atoms with Crippen molar-refractivity contribution in [1.29, 1.82) is 0 Å². The van der Waals surface area contributed by atoms with Crippen LogP contribution in [0.15, 0.2) is 12.3 Å². The van der Waals surface area contributed by atoms with E-state index in [1.165, 1.54) is 148 Å². The molecule has 1 heterocycles. The number of likely N-dealkylation sites (tertiary alicyclic amines) is 1. The molecule has 0 spiro atoms. The number of nitrogens with zero attached hydrogens (tertiary/aromatic N) is 1. The average Bonchev–Trinajstić information content (AvgIpc) is 3.26. The highest BCUT2D eigenvalue weighted by atomic mass is 16.5. The fourth-order valence-electron chi connectivity index (χ4n) is 6.87. The molecule has 3 atom stereocenters. The van der Waals surface area contributed by atoms with Crippen LogP contribution in [0.1, 0.15) is 207 Å². The minimum atomic E-state index is 0.0924. The van der Waals surface area contributed by atoms with Gasteiger partial charge in [0.25, 0.3) is 0 Å². The van der Waals surface area contributed by atoms with Crippen LogP contribution in [-0.4, -0.2) is 43.2 Å². The lowest BCUT2D eigenvalue weighted by atomic mass is 9.99. The molecule has 0 amide bonds. The highest BCUT2D eigenvalue weighted by Crippen LogP contribution is 2.23. The maximum absolute atomic E-state index is 13.1. The Kier molecular flexibility index (Phi) is 28.3. The Bertz CT molecular complexity index is 680. The number of carbonyl (C=O) groups is 1. The third-order valence-electron chi connectivity index (χ3n) is 10.0. The predicted molar refractivity (Wildman–Crippen MR) is 196 cm³/mol. The van der Waals surface area contributed by atoms with Crippen LogP contribution in [0.4, 0.5) is 0 Å². The third-order valence-corrected chi connectivity index (χ3v) is 10.0. The number of carbonyl (C=O) groups excluding carboxylic acids is 1. The molecule has 0 aromatic rings. The monoisotopic (exact) mass is 634 g/mol. The van der Waals surface area contributed by atoms with Crippen LogP contribution in [0.5, 0.6) is 0 Å². The van der Waals surface area contributed by atoms with Crippen molar-refractivity contribution in [2.24, 2.45) is 5.92 Å². The first-order valence-electron chi connectivity index (χ1n) is 20.2. The number of hydrogen-bond acceptors (Lipinski definition) is 4. The van der Waals surface area contributed by atoms with Gasteiger partial charge in [0.1, 0.15) is 6.10 Å². The van der Waals surface area contributed by atoms with E-state index < -0.39 is 0 Å². The van der Waals surface area contributed by atoms with Crippen molar-refractivity contribution in [2.75, 3.05) is 20.1 Å². The van der Waals surface area contributed by atoms with Gasteiger partial charge in [-0.15, -0.1) is 0 Å². The standard InChI is InChI=1S/C41H79NO3/c1-6-9-12-14-17-21-25-32-40(45-41(43)38-29-27-35-42(5)36-34-38)33-26-22-19-16-15-18-20-23-28-37(4)44-39(30-11-8-3)31-24-13-10-7-2/h38-40H,4,6-36H2,1-3,5H3. The molecule has 1 rings (SSSR count). The number of hydrogen-bond donors (Lipinski definition) is 0. The summed E-state index contributed by atoms with van der Waals surface area (Å²) >= 11 is 0. The van der Waals surface area contributed by atoms with Gasteiger partial charge in [0.2, 0.25) is 0 Å². The number of rotatable bonds is 31. The van der Waals surface area contributed by atoms with Gasteiger partial charge in [-0.2, -0.15) is 0 Å². The van der Waals surface area contributed by atoms with E-state index in [0.717, 1.165) is 57.4 Å². The lowest BCUT2D eigenvalue weighted by Gasteiger charge is -2.21. The summed E-state index contributed by atoms with van der Waals surface area (Å²) < 4.78 is 12.5. The Morgan fingerprint density at radius 2 is 1.04 bits per heavy atom. The zero-order chi connectivity index (χ0) is 32.8. The molecule has 0 aromatic heterocycles. The summed E-state index contributed by atoms with van der Waals surface area (Å²) in [4.78, 5) is 15.4. The average molecular weight is 634 g/mol. The summed E-state index contributed by atoms with van der Waals surface area (Å²) in [5.74, 6) is 1.22. The summed E-state index contributed by atoms with van der Waals surface area (Å²) in [6.45, 7) is 13.2. The summed E-state index contributed by atoms with van der Waals surface area (Å²) in [5.41, 5.74) is 0. The molecule has 4 heteroatoms. The van der Waals surface area contributed by atoms with Crippen molar-refractivity contribution in [1.82, 2.24) is 4.90 Å². The van der Waals surface area contributed by atoms with E-state index in [4.69, 9.17) is 9.47 Å². The number of esters is 1. The Balaban J connectivity index is 2.23. The van der Waals surface area contributed by atoms with Crippen LogP contribution in [-0.2, 0) is 14.3 Å². The van der Waals surface area contributed by atoms with E-state index in [2.05, 4.69) is 39.3 Å². The molecule has 1 fully saturated rings. The third kappa shape index (κ3) is 24.8. The topological polar surface area (TPSA) is 38.8 Å². The molecule has 0 N–H and O–H groups in total. The second kappa shape index (κ2) is 30.3. The highest BCUT2D eigenvalue weighted by Gasteiger charge is 2.25. The Labute approximate surface area is 282 Å². The molecule has 0 saturated carbocycles. The summed E-state index contributed by atoms with van der Waals surface area (Å²) in [5, 5.41) is 0. The fourth-order valence-corrected chi connectivity index (χ4v) is 6.87. The van der Waals surface area contributed by atoms with Crippen molar-refractivity contribution >= 4 is 5.97 Å². The van der Waals surface area contributed by atoms with E-state index in [1.54, 1.807) is 0 Å². The molecule has 1 saturated heterocycles. The summed E-state index contributed by atoms with van der Waals surface area (Å²) in [7, 11) is 2.17. The number of unbranched alkanes of at least 4 members (excludes halogenated alkanes) is 17. The second-order valence-electron chi connectivity index (χ2n) is 14.5. The van der Waals surface area contributed by atoms with E-state index in [9.17, 15) is 4.79 Å². The molecule has 0 bridgehead atoms. The van der Waals surface area contributed by atoms with Gasteiger partial charge in [-0.1, -0.05) is 137 Å². The van der Waals surface area contributed by atoms with Crippen LogP contribution in [0.3, 0.4) is 0 Å². The molecule has 0 aliphatic carbocycles. The number of ether oxygens (including phenoxy) is 2. The fraction of sp³-hybridized carbons (Fsp3) is 0.927. The Hall–Kier alpha value is -1.03. The first-order chi connectivity index (χ1) is 22.0. The van der Waals surface area contributed by atoms with E-state index in [-0.39, 0.29) is 18.0 Å². The van der Waals surface area contributed by atoms with E-state index in [1.807, 2.05) is 0 Å². The van der Waals surface area contributed by atoms with Crippen molar-refractivity contribution in [3.8, 4) is 0 Å². The van der Waals surface area contributed by atoms with Crippen molar-refractivity contribution in [3.05, 3.63) is 12.3 Å². The van der Waals surface area contributed by atoms with Gasteiger partial charge in [-0.25, -0.2) is 0 Å². The summed E-state index contributed by atoms with van der Waals surface area (Å²) in [6.07, 6.45) is 36.3. The van der Waals surface area contributed by atoms with Gasteiger partial charge >= 0.3 is 5.97 Å². The molecule has 0 aromatic carbocycles. The molecule has 0 radical (unpaired) electrons. The lowest BCUT2D eigenvalue weighted by molar-refractivity contribution is -0.155. The summed E-state index contributed by atoms with van der Waals surface area (Å²) in [6, 6.07) is 0. The molecule has 1 aliphatic heterocycles. The molecule has 266 valence electrons. The molecular weight excluding hydrogens is 554 g/mol. The van der Waals surface area contributed by atoms with Gasteiger partial charge < -0.3 is 14.4 Å². The molecular formula is C41H79NO3. The van der Waals surface area contributed by atoms with Gasteiger partial charge in [-0.3, -0.25) is 4.79 Å². The highest BCUT2D eigenvalue weighted by molar-refractivity contribution is 5.72. The molecule has 1 aliphatic rings. The maximum atomic E-state index is 13.1. The van der Waals surface area contributed by atoms with Crippen molar-refractivity contribution in [2.45, 2.75) is 219 Å². The zero-order valence-electron chi connectivity index (χ0n) is 31.0. The normalized spacial score (nSPS) is 17.1. The quantitative estimate of drug-likeness (QED) is 0.0432. The van der Waals surface area contributed by atoms with Crippen LogP contribution in [0.2, 0.25) is 0 Å². The van der Waals surface area contributed by atoms with Gasteiger partial charge in [0.05, 0.1) is 17.8 Å². The van der Waals surface area contributed by atoms with Crippen molar-refractivity contribution in [3.63, 3.8) is 0 Å². The first kappa shape index (κ1) is 42.0. The Morgan fingerprint density at radius 3 is 1.60 bits per heavy atom. The smallest absolute Gasteiger partial charge is 0.309 e. The SMILES string of the molecule is C=C(CCCCCCCCCCC(CCCCCCCCC)OC(=O)C1CCCN(C)CC1)OC(CCCC)CCCCCC. The van der Waals surface area contributed by atoms with Gasteiger partial charge in [0.15, 0.2) is 0 Å². The zero-order valence-corrected chi connectivity index (χ0v) is 31.0. The molecule has 45 heavy (non-hydrogen) atoms. The van der Waals surface area contributed by atoms with E-state index >= 15 is 0 Å². The van der Waals surface area contributed by atoms with Crippen LogP contribution in [0, 0.1) is 5.92 Å². The second-order valence-corrected chi connectivity index (χ2v) is 14.5. The predicted octanol–water partition coefficient (Wildman–Crippen LogP) is 12.7. The van der Waals surface area contributed by atoms with E-state index in [0.29, 0.717) is 6.10 Å².